The minimum Gasteiger partial charge on any atom is -0.478 e. The normalized spacial score (nSPS) is 14.8. The Hall–Kier alpha value is -3.66. The van der Waals surface area contributed by atoms with E-state index >= 15 is 0 Å². The van der Waals surface area contributed by atoms with Crippen LogP contribution in [0.3, 0.4) is 0 Å². The summed E-state index contributed by atoms with van der Waals surface area (Å²) in [6, 6.07) is 4.45. The molecule has 0 unspecified atom stereocenters. The lowest BCUT2D eigenvalue weighted by atomic mass is 10.0. The molecule has 1 amide bonds. The molecule has 2 N–H and O–H groups in total. The molecule has 0 bridgehead atoms. The molecule has 1 saturated heterocycles. The molecule has 3 aromatic heterocycles. The van der Waals surface area contributed by atoms with Gasteiger partial charge in [0.25, 0.3) is 11.8 Å². The number of benzene rings is 1. The van der Waals surface area contributed by atoms with Crippen molar-refractivity contribution in [2.45, 2.75) is 32.7 Å². The Morgan fingerprint density at radius 3 is 2.71 bits per heavy atom. The van der Waals surface area contributed by atoms with Crippen molar-refractivity contribution in [3.05, 3.63) is 42.0 Å². The van der Waals surface area contributed by atoms with Crippen molar-refractivity contribution in [1.82, 2.24) is 29.5 Å². The Balaban J connectivity index is 1.44. The predicted octanol–water partition coefficient (Wildman–Crippen LogP) is 2.76. The molecule has 1 aromatic carbocycles. The first-order valence-corrected chi connectivity index (χ1v) is 11.6. The summed E-state index contributed by atoms with van der Waals surface area (Å²) in [6.07, 6.45) is 7.77. The summed E-state index contributed by atoms with van der Waals surface area (Å²) in [5.41, 5.74) is 3.74. The number of hydrogen-bond donors (Lipinski definition) is 2. The van der Waals surface area contributed by atoms with E-state index in [2.05, 4.69) is 37.5 Å². The number of amides is 1. The number of carbonyl (C=O) groups excluding carboxylic acids is 1. The Morgan fingerprint density at radius 2 is 1.97 bits per heavy atom. The SMILES string of the molecule is CCNC1CCN(c2ccc(C(=O)Nc3cn4cc(C)nc4c(OC)n3)c3nn(C)cc23)CC1. The fourth-order valence-corrected chi connectivity index (χ4v) is 4.75. The molecule has 1 fully saturated rings. The summed E-state index contributed by atoms with van der Waals surface area (Å²) >= 11 is 0. The van der Waals surface area contributed by atoms with E-state index in [0.717, 1.165) is 49.2 Å². The van der Waals surface area contributed by atoms with E-state index in [0.29, 0.717) is 34.5 Å². The molecular formula is C24H30N8O2. The number of aromatic nitrogens is 5. The molecule has 4 aromatic rings. The van der Waals surface area contributed by atoms with E-state index in [9.17, 15) is 4.79 Å². The average molecular weight is 463 g/mol. The second kappa shape index (κ2) is 8.94. The van der Waals surface area contributed by atoms with Gasteiger partial charge in [0.05, 0.1) is 24.6 Å². The van der Waals surface area contributed by atoms with Crippen molar-refractivity contribution < 1.29 is 9.53 Å². The van der Waals surface area contributed by atoms with Gasteiger partial charge in [0.15, 0.2) is 5.82 Å². The first-order valence-electron chi connectivity index (χ1n) is 11.6. The standard InChI is InChI=1S/C24H30N8O2/c1-5-25-16-8-10-31(11-9-16)19-7-6-17(21-18(19)13-30(3)29-21)23(33)27-20-14-32-12-15(2)26-22(32)24(28-20)34-4/h6-7,12-14,16,25H,5,8-11H2,1-4H3,(H,27,33). The lowest BCUT2D eigenvalue weighted by molar-refractivity contribution is 0.102. The summed E-state index contributed by atoms with van der Waals surface area (Å²) in [6.45, 7) is 6.99. The van der Waals surface area contributed by atoms with Gasteiger partial charge in [0.1, 0.15) is 5.52 Å². The molecule has 178 valence electrons. The highest BCUT2D eigenvalue weighted by molar-refractivity contribution is 6.13. The number of ether oxygens (including phenoxy) is 1. The Morgan fingerprint density at radius 1 is 1.18 bits per heavy atom. The van der Waals surface area contributed by atoms with Crippen molar-refractivity contribution in [1.29, 1.82) is 0 Å². The molecular weight excluding hydrogens is 432 g/mol. The Bertz CT molecular complexity index is 1350. The quantitative estimate of drug-likeness (QED) is 0.454. The van der Waals surface area contributed by atoms with Crippen molar-refractivity contribution in [2.24, 2.45) is 7.05 Å². The zero-order valence-corrected chi connectivity index (χ0v) is 20.0. The molecule has 0 spiro atoms. The monoisotopic (exact) mass is 462 g/mol. The van der Waals surface area contributed by atoms with Gasteiger partial charge in [-0.05, 0) is 38.4 Å². The fourth-order valence-electron chi connectivity index (χ4n) is 4.75. The molecule has 10 nitrogen and oxygen atoms in total. The summed E-state index contributed by atoms with van der Waals surface area (Å²) in [7, 11) is 3.42. The van der Waals surface area contributed by atoms with E-state index in [1.165, 1.54) is 7.11 Å². The molecule has 1 aliphatic rings. The molecule has 34 heavy (non-hydrogen) atoms. The number of methoxy groups -OCH3 is 1. The first-order chi connectivity index (χ1) is 16.5. The minimum atomic E-state index is -0.271. The van der Waals surface area contributed by atoms with Gasteiger partial charge in [-0.2, -0.15) is 10.1 Å². The number of fused-ring (bicyclic) bond motifs is 2. The number of nitrogens with zero attached hydrogens (tertiary/aromatic N) is 6. The fraction of sp³-hybridized carbons (Fsp3) is 0.417. The van der Waals surface area contributed by atoms with Gasteiger partial charge in [-0.25, -0.2) is 4.98 Å². The highest BCUT2D eigenvalue weighted by atomic mass is 16.5. The Kier molecular flexibility index (Phi) is 5.82. The number of imidazole rings is 1. The molecule has 5 rings (SSSR count). The zero-order valence-electron chi connectivity index (χ0n) is 20.0. The number of anilines is 2. The molecule has 0 radical (unpaired) electrons. The zero-order chi connectivity index (χ0) is 23.8. The van der Waals surface area contributed by atoms with Gasteiger partial charge in [-0.1, -0.05) is 6.92 Å². The second-order valence-corrected chi connectivity index (χ2v) is 8.72. The van der Waals surface area contributed by atoms with Crippen LogP contribution >= 0.6 is 0 Å². The van der Waals surface area contributed by atoms with Crippen LogP contribution in [0, 0.1) is 6.92 Å². The van der Waals surface area contributed by atoms with E-state index in [-0.39, 0.29) is 5.91 Å². The largest absolute Gasteiger partial charge is 0.478 e. The second-order valence-electron chi connectivity index (χ2n) is 8.72. The molecule has 0 atom stereocenters. The maximum absolute atomic E-state index is 13.3. The van der Waals surface area contributed by atoms with E-state index in [4.69, 9.17) is 4.74 Å². The number of rotatable bonds is 6. The maximum Gasteiger partial charge on any atom is 0.260 e. The molecule has 1 aliphatic heterocycles. The number of carbonyl (C=O) groups is 1. The summed E-state index contributed by atoms with van der Waals surface area (Å²) in [5.74, 6) is 0.461. The number of piperidine rings is 1. The summed E-state index contributed by atoms with van der Waals surface area (Å²) < 4.78 is 8.94. The highest BCUT2D eigenvalue weighted by Gasteiger charge is 2.23. The molecule has 10 heteroatoms. The van der Waals surface area contributed by atoms with Gasteiger partial charge >= 0.3 is 0 Å². The summed E-state index contributed by atoms with van der Waals surface area (Å²) in [5, 5.41) is 12.0. The number of hydrogen-bond acceptors (Lipinski definition) is 7. The van der Waals surface area contributed by atoms with Crippen LogP contribution in [0.25, 0.3) is 16.6 Å². The van der Waals surface area contributed by atoms with Crippen LogP contribution in [0.4, 0.5) is 11.5 Å². The number of aryl methyl sites for hydroxylation is 2. The van der Waals surface area contributed by atoms with Crippen LogP contribution in [0.2, 0.25) is 0 Å². The van der Waals surface area contributed by atoms with Crippen LogP contribution < -0.4 is 20.3 Å². The van der Waals surface area contributed by atoms with E-state index in [1.54, 1.807) is 15.3 Å². The van der Waals surface area contributed by atoms with Gasteiger partial charge < -0.3 is 20.3 Å². The van der Waals surface area contributed by atoms with Gasteiger partial charge in [0.2, 0.25) is 5.65 Å². The number of nitrogens with one attached hydrogen (secondary N) is 2. The Labute approximate surface area is 197 Å². The first kappa shape index (κ1) is 22.1. The lowest BCUT2D eigenvalue weighted by Crippen LogP contribution is -2.42. The third-order valence-corrected chi connectivity index (χ3v) is 6.30. The molecule has 0 aliphatic carbocycles. The van der Waals surface area contributed by atoms with E-state index in [1.807, 2.05) is 38.5 Å². The van der Waals surface area contributed by atoms with Crippen LogP contribution in [-0.4, -0.2) is 62.8 Å². The third kappa shape index (κ3) is 4.05. The topological polar surface area (TPSA) is 102 Å². The summed E-state index contributed by atoms with van der Waals surface area (Å²) in [4.78, 5) is 24.5. The molecule has 0 saturated carbocycles. The van der Waals surface area contributed by atoms with Gasteiger partial charge in [-0.3, -0.25) is 13.9 Å². The van der Waals surface area contributed by atoms with Gasteiger partial charge in [0, 0.05) is 49.6 Å². The van der Waals surface area contributed by atoms with Crippen LogP contribution in [-0.2, 0) is 7.05 Å². The van der Waals surface area contributed by atoms with Crippen LogP contribution in [0.15, 0.2) is 30.7 Å². The third-order valence-electron chi connectivity index (χ3n) is 6.30. The van der Waals surface area contributed by atoms with Crippen molar-refractivity contribution in [3.8, 4) is 5.88 Å². The van der Waals surface area contributed by atoms with Crippen molar-refractivity contribution in [2.75, 3.05) is 37.0 Å². The molecule has 4 heterocycles. The van der Waals surface area contributed by atoms with Crippen LogP contribution in [0.1, 0.15) is 35.8 Å². The van der Waals surface area contributed by atoms with Crippen molar-refractivity contribution >= 4 is 34.0 Å². The van der Waals surface area contributed by atoms with Crippen LogP contribution in [0.5, 0.6) is 5.88 Å². The average Bonchev–Trinajstić information content (AvgIpc) is 3.39. The van der Waals surface area contributed by atoms with Gasteiger partial charge in [-0.15, -0.1) is 0 Å². The smallest absolute Gasteiger partial charge is 0.260 e. The predicted molar refractivity (Wildman–Crippen MR) is 132 cm³/mol. The van der Waals surface area contributed by atoms with Crippen molar-refractivity contribution in [3.63, 3.8) is 0 Å². The highest BCUT2D eigenvalue weighted by Crippen LogP contribution is 2.31. The lowest BCUT2D eigenvalue weighted by Gasteiger charge is -2.34. The maximum atomic E-state index is 13.3. The van der Waals surface area contributed by atoms with E-state index < -0.39 is 0 Å². The minimum absolute atomic E-state index is 0.271.